The molecule has 6 atom stereocenters. The van der Waals surface area contributed by atoms with Crippen LogP contribution >= 0.6 is 0 Å². The maximum absolute atomic E-state index is 13.7. The van der Waals surface area contributed by atoms with E-state index in [-0.39, 0.29) is 40.8 Å². The van der Waals surface area contributed by atoms with E-state index in [1.54, 1.807) is 25.4 Å². The summed E-state index contributed by atoms with van der Waals surface area (Å²) in [7, 11) is 1.14. The molecule has 0 radical (unpaired) electrons. The van der Waals surface area contributed by atoms with E-state index in [0.29, 0.717) is 49.1 Å². The van der Waals surface area contributed by atoms with Crippen molar-refractivity contribution in [2.75, 3.05) is 13.6 Å². The Morgan fingerprint density at radius 2 is 2.00 bits per heavy atom. The zero-order valence-corrected chi connectivity index (χ0v) is 24.2. The predicted molar refractivity (Wildman–Crippen MR) is 151 cm³/mol. The van der Waals surface area contributed by atoms with Crippen molar-refractivity contribution < 1.29 is 18.9 Å². The molecule has 2 heterocycles. The molecular weight excluding hydrogens is 495 g/mol. The number of carbonyl (C=O) groups is 2. The van der Waals surface area contributed by atoms with Gasteiger partial charge in [0.25, 0.3) is 5.91 Å². The molecule has 4 aliphatic rings. The van der Waals surface area contributed by atoms with Crippen LogP contribution in [0.25, 0.3) is 0 Å². The maximum Gasteiger partial charge on any atom is 0.481 e. The van der Waals surface area contributed by atoms with Crippen LogP contribution in [-0.4, -0.2) is 67.2 Å². The second-order valence-electron chi connectivity index (χ2n) is 12.5. The van der Waals surface area contributed by atoms with Gasteiger partial charge >= 0.3 is 7.12 Å². The van der Waals surface area contributed by atoms with Gasteiger partial charge in [-0.1, -0.05) is 27.7 Å². The third-order valence-corrected chi connectivity index (χ3v) is 9.12. The first kappa shape index (κ1) is 29.3. The van der Waals surface area contributed by atoms with Crippen LogP contribution < -0.4 is 21.3 Å². The largest absolute Gasteiger partial charge is 0.481 e. The number of hydrogen-bond acceptors (Lipinski definition) is 6. The summed E-state index contributed by atoms with van der Waals surface area (Å²) >= 11 is 0. The topological polar surface area (TPSA) is 137 Å². The minimum Gasteiger partial charge on any atom is -0.404 e. The Morgan fingerprint density at radius 3 is 2.64 bits per heavy atom. The number of aromatic nitrogens is 1. The summed E-state index contributed by atoms with van der Waals surface area (Å²) in [6, 6.07) is 2.60. The second kappa shape index (κ2) is 11.8. The average molecular weight is 541 g/mol. The Morgan fingerprint density at radius 1 is 1.23 bits per heavy atom. The molecule has 1 aliphatic heterocycles. The minimum atomic E-state index is -0.760. The highest BCUT2D eigenvalue weighted by atomic mass is 16.7. The number of guanidine groups is 1. The standard InChI is InChI=1S/C28H45BN6O4/c1-17(2)13-23(29-38-22-15-19-14-21(27(19,3)4)28(22,5)39-29)35-25(37)20(10-8-12-33-26(30)31-6)34-24(36)18-9-7-11-32-16-18/h7,9,11,16-17,19-23H,8,10,12-15H2,1-6H3,(H,34,36)(H,35,37)(H3,30,31,33)/t19-,20-,21-,22+,23-,28-/m0/s1. The molecule has 2 bridgehead atoms. The number of amides is 2. The van der Waals surface area contributed by atoms with Gasteiger partial charge in [-0.15, -0.1) is 0 Å². The normalized spacial score (nSPS) is 28.1. The molecule has 10 nitrogen and oxygen atoms in total. The molecule has 3 saturated carbocycles. The summed E-state index contributed by atoms with van der Waals surface area (Å²) in [5, 5.41) is 19.5. The molecule has 4 fully saturated rings. The maximum atomic E-state index is 13.7. The van der Waals surface area contributed by atoms with E-state index in [2.05, 4.69) is 60.9 Å². The zero-order valence-electron chi connectivity index (χ0n) is 24.2. The van der Waals surface area contributed by atoms with E-state index < -0.39 is 13.2 Å². The van der Waals surface area contributed by atoms with Gasteiger partial charge in [0.1, 0.15) is 6.04 Å². The van der Waals surface area contributed by atoms with E-state index in [4.69, 9.17) is 14.7 Å². The molecule has 2 amide bonds. The summed E-state index contributed by atoms with van der Waals surface area (Å²) < 4.78 is 13.2. The summed E-state index contributed by atoms with van der Waals surface area (Å²) in [4.78, 5) is 30.6. The Bertz CT molecular complexity index is 1040. The Kier molecular flexibility index (Phi) is 8.90. The number of carbonyl (C=O) groups excluding carboxylic acids is 2. The number of hydrogen-bond donors (Lipinski definition) is 5. The minimum absolute atomic E-state index is 0.0282. The Balaban J connectivity index is 1.46. The fourth-order valence-electron chi connectivity index (χ4n) is 6.72. The van der Waals surface area contributed by atoms with E-state index in [0.717, 1.165) is 6.42 Å². The average Bonchev–Trinajstić information content (AvgIpc) is 3.27. The molecule has 1 saturated heterocycles. The molecule has 3 aliphatic carbocycles. The van der Waals surface area contributed by atoms with Crippen LogP contribution in [0.5, 0.6) is 0 Å². The second-order valence-corrected chi connectivity index (χ2v) is 12.5. The summed E-state index contributed by atoms with van der Waals surface area (Å²) in [6.07, 6.45) is 6.94. The lowest BCUT2D eigenvalue weighted by molar-refractivity contribution is -0.199. The first-order valence-corrected chi connectivity index (χ1v) is 14.3. The van der Waals surface area contributed by atoms with Crippen LogP contribution in [-0.2, 0) is 14.1 Å². The van der Waals surface area contributed by atoms with Crippen LogP contribution in [0.2, 0.25) is 0 Å². The van der Waals surface area contributed by atoms with Gasteiger partial charge < -0.3 is 30.6 Å². The smallest absolute Gasteiger partial charge is 0.404 e. The highest BCUT2D eigenvalue weighted by molar-refractivity contribution is 6.48. The van der Waals surface area contributed by atoms with Crippen LogP contribution in [0.1, 0.15) is 77.1 Å². The number of pyridine rings is 1. The molecule has 5 rings (SSSR count). The monoisotopic (exact) mass is 540 g/mol. The van der Waals surface area contributed by atoms with Gasteiger partial charge in [0, 0.05) is 26.0 Å². The SMILES string of the molecule is CNC(=N)NCCC[C@H](NC(=O)c1cccnc1)C(=O)N[C@@H](CC(C)C)B1O[C@@H]2C[C@@H]3C[C@@H](C3(C)C)[C@]2(C)O1. The third kappa shape index (κ3) is 6.24. The van der Waals surface area contributed by atoms with Gasteiger partial charge in [-0.3, -0.25) is 20.0 Å². The van der Waals surface area contributed by atoms with Gasteiger partial charge in [0.2, 0.25) is 5.91 Å². The molecule has 214 valence electrons. The first-order chi connectivity index (χ1) is 18.5. The van der Waals surface area contributed by atoms with Gasteiger partial charge in [-0.05, 0) is 74.3 Å². The number of rotatable bonds is 11. The first-order valence-electron chi connectivity index (χ1n) is 14.3. The molecule has 5 N–H and O–H groups in total. The molecule has 11 heteroatoms. The van der Waals surface area contributed by atoms with Crippen molar-refractivity contribution in [2.24, 2.45) is 23.2 Å². The molecule has 0 spiro atoms. The molecule has 0 aromatic carbocycles. The van der Waals surface area contributed by atoms with Gasteiger partial charge in [-0.25, -0.2) is 0 Å². The molecule has 1 aromatic rings. The van der Waals surface area contributed by atoms with Gasteiger partial charge in [0.05, 0.1) is 23.2 Å². The fourth-order valence-corrected chi connectivity index (χ4v) is 6.72. The highest BCUT2D eigenvalue weighted by Gasteiger charge is 2.68. The van der Waals surface area contributed by atoms with Gasteiger partial charge in [0.15, 0.2) is 5.96 Å². The number of nitrogens with one attached hydrogen (secondary N) is 5. The molecular formula is C28H45BN6O4. The lowest BCUT2D eigenvalue weighted by Crippen LogP contribution is -2.65. The fraction of sp³-hybridized carbons (Fsp3) is 0.714. The van der Waals surface area contributed by atoms with E-state index in [1.807, 2.05) is 0 Å². The van der Waals surface area contributed by atoms with Crippen molar-refractivity contribution in [3.05, 3.63) is 30.1 Å². The third-order valence-electron chi connectivity index (χ3n) is 9.12. The van der Waals surface area contributed by atoms with E-state index >= 15 is 0 Å². The summed E-state index contributed by atoms with van der Waals surface area (Å²) in [5.74, 6) is 0.637. The van der Waals surface area contributed by atoms with E-state index in [1.165, 1.54) is 12.6 Å². The van der Waals surface area contributed by atoms with Gasteiger partial charge in [-0.2, -0.15) is 0 Å². The van der Waals surface area contributed by atoms with Crippen LogP contribution in [0.15, 0.2) is 24.5 Å². The van der Waals surface area contributed by atoms with E-state index in [9.17, 15) is 9.59 Å². The number of nitrogens with zero attached hydrogens (tertiary/aromatic N) is 1. The lowest BCUT2D eigenvalue weighted by atomic mass is 9.43. The summed E-state index contributed by atoms with van der Waals surface area (Å²) in [5.41, 5.74) is 0.269. The van der Waals surface area contributed by atoms with Crippen molar-refractivity contribution >= 4 is 24.9 Å². The highest BCUT2D eigenvalue weighted by Crippen LogP contribution is 2.65. The van der Waals surface area contributed by atoms with Crippen LogP contribution in [0.4, 0.5) is 0 Å². The molecule has 39 heavy (non-hydrogen) atoms. The quantitative estimate of drug-likeness (QED) is 0.126. The Labute approximate surface area is 232 Å². The summed E-state index contributed by atoms with van der Waals surface area (Å²) in [6.45, 7) is 11.6. The molecule has 0 unspecified atom stereocenters. The van der Waals surface area contributed by atoms with Crippen molar-refractivity contribution in [1.82, 2.24) is 26.3 Å². The molecule has 1 aromatic heterocycles. The van der Waals surface area contributed by atoms with Crippen molar-refractivity contribution in [3.63, 3.8) is 0 Å². The lowest BCUT2D eigenvalue weighted by Gasteiger charge is -2.64. The van der Waals surface area contributed by atoms with Crippen molar-refractivity contribution in [1.29, 1.82) is 5.41 Å². The zero-order chi connectivity index (χ0) is 28.4. The Hall–Kier alpha value is -2.66. The van der Waals surface area contributed by atoms with Crippen molar-refractivity contribution in [3.8, 4) is 0 Å². The predicted octanol–water partition coefficient (Wildman–Crippen LogP) is 2.50. The van der Waals surface area contributed by atoms with Crippen LogP contribution in [0.3, 0.4) is 0 Å². The van der Waals surface area contributed by atoms with Crippen LogP contribution in [0, 0.1) is 28.6 Å². The van der Waals surface area contributed by atoms with Crippen molar-refractivity contribution in [2.45, 2.75) is 90.4 Å².